The normalized spacial score (nSPS) is 11.9. The van der Waals surface area contributed by atoms with Crippen LogP contribution in [0.25, 0.3) is 0 Å². The lowest BCUT2D eigenvalue weighted by Crippen LogP contribution is -2.34. The molecule has 0 unspecified atom stereocenters. The zero-order valence-corrected chi connectivity index (χ0v) is 12.8. The molecule has 0 saturated carbocycles. The van der Waals surface area contributed by atoms with Gasteiger partial charge in [-0.05, 0) is 24.2 Å². The molecule has 1 aromatic heterocycles. The molecule has 0 spiro atoms. The molecular weight excluding hydrogens is 256 g/mol. The number of carbonyl (C=O) groups is 1. The number of aliphatic hydroxyl groups excluding tert-OH is 1. The summed E-state index contributed by atoms with van der Waals surface area (Å²) in [5.41, 5.74) is 7.34. The predicted molar refractivity (Wildman–Crippen MR) is 79.5 cm³/mol. The van der Waals surface area contributed by atoms with E-state index < -0.39 is 0 Å². The lowest BCUT2D eigenvalue weighted by atomic mass is 9.88. The number of aromatic nitrogens is 2. The molecule has 0 aliphatic rings. The van der Waals surface area contributed by atoms with Crippen LogP contribution < -0.4 is 11.1 Å². The number of nitrogens with zero attached hydrogens (tertiary/aromatic N) is 1. The highest BCUT2D eigenvalue weighted by Gasteiger charge is 2.22. The van der Waals surface area contributed by atoms with Gasteiger partial charge in [-0.25, -0.2) is 0 Å². The minimum atomic E-state index is -0.261. The van der Waals surface area contributed by atoms with Crippen LogP contribution in [0.4, 0.5) is 5.69 Å². The van der Waals surface area contributed by atoms with Gasteiger partial charge in [-0.3, -0.25) is 9.89 Å². The Kier molecular flexibility index (Phi) is 5.56. The minimum absolute atomic E-state index is 0.0651. The fraction of sp³-hybridized carbons (Fsp3) is 0.714. The van der Waals surface area contributed by atoms with Crippen molar-refractivity contribution in [2.24, 2.45) is 5.41 Å². The van der Waals surface area contributed by atoms with Crippen LogP contribution >= 0.6 is 0 Å². The van der Waals surface area contributed by atoms with Gasteiger partial charge in [-0.1, -0.05) is 27.7 Å². The maximum atomic E-state index is 12.1. The smallest absolute Gasteiger partial charge is 0.273 e. The summed E-state index contributed by atoms with van der Waals surface area (Å²) in [7, 11) is 0. The number of nitrogen functional groups attached to an aromatic ring is 1. The Morgan fingerprint density at radius 3 is 2.65 bits per heavy atom. The minimum Gasteiger partial charge on any atom is -0.396 e. The molecule has 1 aromatic rings. The summed E-state index contributed by atoms with van der Waals surface area (Å²) in [6, 6.07) is 0. The molecule has 0 radical (unpaired) electrons. The number of hydrogen-bond acceptors (Lipinski definition) is 4. The highest BCUT2D eigenvalue weighted by molar-refractivity contribution is 5.97. The summed E-state index contributed by atoms with van der Waals surface area (Å²) >= 11 is 0. The van der Waals surface area contributed by atoms with Crippen molar-refractivity contribution in [1.29, 1.82) is 0 Å². The zero-order valence-electron chi connectivity index (χ0n) is 12.8. The first-order chi connectivity index (χ1) is 9.28. The Morgan fingerprint density at radius 2 is 2.15 bits per heavy atom. The van der Waals surface area contributed by atoms with Crippen molar-refractivity contribution in [3.63, 3.8) is 0 Å². The van der Waals surface area contributed by atoms with Gasteiger partial charge in [0.15, 0.2) is 5.69 Å². The van der Waals surface area contributed by atoms with Gasteiger partial charge in [-0.15, -0.1) is 0 Å². The van der Waals surface area contributed by atoms with Gasteiger partial charge in [0, 0.05) is 13.2 Å². The third-order valence-corrected chi connectivity index (χ3v) is 3.37. The maximum Gasteiger partial charge on any atom is 0.273 e. The van der Waals surface area contributed by atoms with Gasteiger partial charge in [0.05, 0.1) is 11.4 Å². The maximum absolute atomic E-state index is 12.1. The van der Waals surface area contributed by atoms with Crippen LogP contribution in [0.3, 0.4) is 0 Å². The first-order valence-corrected chi connectivity index (χ1v) is 7.01. The molecule has 1 rings (SSSR count). The van der Waals surface area contributed by atoms with Gasteiger partial charge >= 0.3 is 0 Å². The second-order valence-corrected chi connectivity index (χ2v) is 6.23. The van der Waals surface area contributed by atoms with Gasteiger partial charge in [0.25, 0.3) is 5.91 Å². The molecule has 114 valence electrons. The molecular formula is C14H26N4O2. The quantitative estimate of drug-likeness (QED) is 0.610. The Balaban J connectivity index is 2.64. The van der Waals surface area contributed by atoms with Gasteiger partial charge in [0.1, 0.15) is 0 Å². The van der Waals surface area contributed by atoms with Crippen LogP contribution in [-0.4, -0.2) is 34.4 Å². The van der Waals surface area contributed by atoms with E-state index in [4.69, 9.17) is 10.8 Å². The molecule has 6 heteroatoms. The average Bonchev–Trinajstić information content (AvgIpc) is 2.76. The number of nitrogens with two attached hydrogens (primary N) is 1. The van der Waals surface area contributed by atoms with Crippen molar-refractivity contribution in [2.75, 3.05) is 18.9 Å². The fourth-order valence-electron chi connectivity index (χ4n) is 2.03. The van der Waals surface area contributed by atoms with Crippen LogP contribution in [0.1, 0.15) is 62.6 Å². The third kappa shape index (κ3) is 4.23. The predicted octanol–water partition coefficient (Wildman–Crippen LogP) is 1.64. The molecule has 0 aliphatic heterocycles. The third-order valence-electron chi connectivity index (χ3n) is 3.37. The SMILES string of the molecule is CC(C)c1[nH]nc(C(=O)NCC(C)(C)CCCO)c1N. The number of hydrogen-bond donors (Lipinski definition) is 4. The van der Waals surface area contributed by atoms with E-state index in [1.165, 1.54) is 0 Å². The Hall–Kier alpha value is -1.56. The van der Waals surface area contributed by atoms with E-state index in [0.717, 1.165) is 18.5 Å². The summed E-state index contributed by atoms with van der Waals surface area (Å²) in [5, 5.41) is 18.5. The van der Waals surface area contributed by atoms with Crippen molar-refractivity contribution >= 4 is 11.6 Å². The monoisotopic (exact) mass is 282 g/mol. The summed E-state index contributed by atoms with van der Waals surface area (Å²) in [6.07, 6.45) is 1.57. The van der Waals surface area contributed by atoms with E-state index in [9.17, 15) is 4.79 Å². The highest BCUT2D eigenvalue weighted by atomic mass is 16.2. The fourth-order valence-corrected chi connectivity index (χ4v) is 2.03. The summed E-state index contributed by atoms with van der Waals surface area (Å²) in [5.74, 6) is -0.0623. The zero-order chi connectivity index (χ0) is 15.3. The summed E-state index contributed by atoms with van der Waals surface area (Å²) in [6.45, 7) is 8.77. The molecule has 0 fully saturated rings. The van der Waals surface area contributed by atoms with Gasteiger partial charge in [0.2, 0.25) is 0 Å². The number of aromatic amines is 1. The Morgan fingerprint density at radius 1 is 1.50 bits per heavy atom. The van der Waals surface area contributed by atoms with Crippen LogP contribution in [-0.2, 0) is 0 Å². The van der Waals surface area contributed by atoms with E-state index in [1.807, 2.05) is 13.8 Å². The van der Waals surface area contributed by atoms with E-state index >= 15 is 0 Å². The van der Waals surface area contributed by atoms with E-state index in [-0.39, 0.29) is 29.5 Å². The van der Waals surface area contributed by atoms with Gasteiger partial charge < -0.3 is 16.2 Å². The molecule has 20 heavy (non-hydrogen) atoms. The molecule has 0 aliphatic carbocycles. The molecule has 0 atom stereocenters. The number of H-pyrrole nitrogens is 1. The summed E-state index contributed by atoms with van der Waals surface area (Å²) in [4.78, 5) is 12.1. The largest absolute Gasteiger partial charge is 0.396 e. The van der Waals surface area contributed by atoms with E-state index in [0.29, 0.717) is 12.2 Å². The number of anilines is 1. The number of nitrogens with one attached hydrogen (secondary N) is 2. The van der Waals surface area contributed by atoms with E-state index in [1.54, 1.807) is 0 Å². The molecule has 5 N–H and O–H groups in total. The molecule has 0 saturated heterocycles. The lowest BCUT2D eigenvalue weighted by molar-refractivity contribution is 0.0929. The average molecular weight is 282 g/mol. The molecule has 6 nitrogen and oxygen atoms in total. The van der Waals surface area contributed by atoms with Gasteiger partial charge in [-0.2, -0.15) is 5.10 Å². The molecule has 0 bridgehead atoms. The second-order valence-electron chi connectivity index (χ2n) is 6.23. The number of aliphatic hydroxyl groups is 1. The number of carbonyl (C=O) groups excluding carboxylic acids is 1. The first kappa shape index (κ1) is 16.5. The Bertz CT molecular complexity index is 452. The first-order valence-electron chi connectivity index (χ1n) is 7.01. The number of amides is 1. The molecule has 0 aromatic carbocycles. The van der Waals surface area contributed by atoms with Crippen molar-refractivity contribution in [2.45, 2.75) is 46.5 Å². The van der Waals surface area contributed by atoms with E-state index in [2.05, 4.69) is 29.4 Å². The van der Waals surface area contributed by atoms with Crippen LogP contribution in [0, 0.1) is 5.41 Å². The number of rotatable bonds is 7. The highest BCUT2D eigenvalue weighted by Crippen LogP contribution is 2.23. The Labute approximate surface area is 120 Å². The second kappa shape index (κ2) is 6.74. The lowest BCUT2D eigenvalue weighted by Gasteiger charge is -2.24. The summed E-state index contributed by atoms with van der Waals surface area (Å²) < 4.78 is 0. The van der Waals surface area contributed by atoms with Crippen molar-refractivity contribution in [3.05, 3.63) is 11.4 Å². The van der Waals surface area contributed by atoms with Crippen molar-refractivity contribution < 1.29 is 9.90 Å². The van der Waals surface area contributed by atoms with Crippen LogP contribution in [0.15, 0.2) is 0 Å². The topological polar surface area (TPSA) is 104 Å². The molecule has 1 amide bonds. The van der Waals surface area contributed by atoms with Crippen molar-refractivity contribution in [3.8, 4) is 0 Å². The van der Waals surface area contributed by atoms with Crippen LogP contribution in [0.2, 0.25) is 0 Å². The molecule has 1 heterocycles. The standard InChI is InChI=1S/C14H26N4O2/c1-9(2)11-10(15)12(18-17-11)13(20)16-8-14(3,4)6-5-7-19/h9,19H,5-8,15H2,1-4H3,(H,16,20)(H,17,18). The van der Waals surface area contributed by atoms with Crippen molar-refractivity contribution in [1.82, 2.24) is 15.5 Å². The van der Waals surface area contributed by atoms with Crippen LogP contribution in [0.5, 0.6) is 0 Å².